The van der Waals surface area contributed by atoms with Crippen LogP contribution in [0.15, 0.2) is 24.4 Å². The molecule has 0 aliphatic carbocycles. The molecule has 1 N–H and O–H groups in total. The van der Waals surface area contributed by atoms with Crippen LogP contribution in [0.5, 0.6) is 0 Å². The lowest BCUT2D eigenvalue weighted by Crippen LogP contribution is -1.86. The summed E-state index contributed by atoms with van der Waals surface area (Å²) in [5.41, 5.74) is 3.55. The number of alkyl halides is 1. The zero-order chi connectivity index (χ0) is 12.1. The van der Waals surface area contributed by atoms with Crippen LogP contribution < -0.4 is 0 Å². The van der Waals surface area contributed by atoms with Gasteiger partial charge in [0.25, 0.3) is 0 Å². The van der Waals surface area contributed by atoms with Crippen molar-refractivity contribution in [2.24, 2.45) is 0 Å². The summed E-state index contributed by atoms with van der Waals surface area (Å²) in [4.78, 5) is 3.27. The van der Waals surface area contributed by atoms with Crippen LogP contribution >= 0.6 is 11.6 Å². The van der Waals surface area contributed by atoms with Crippen molar-refractivity contribution in [1.29, 1.82) is 5.26 Å². The first-order valence-electron chi connectivity index (χ1n) is 5.87. The molecular weight excluding hydrogens is 232 g/mol. The molecule has 0 aliphatic rings. The molecule has 88 valence electrons. The Bertz CT molecular complexity index is 537. The molecule has 17 heavy (non-hydrogen) atoms. The van der Waals surface area contributed by atoms with Crippen molar-refractivity contribution < 1.29 is 0 Å². The lowest BCUT2D eigenvalue weighted by Gasteiger charge is -2.00. The van der Waals surface area contributed by atoms with Gasteiger partial charge in [0, 0.05) is 23.0 Å². The average molecular weight is 247 g/mol. The summed E-state index contributed by atoms with van der Waals surface area (Å²) in [6.07, 6.45) is 5.74. The van der Waals surface area contributed by atoms with E-state index in [1.807, 2.05) is 12.1 Å². The highest BCUT2D eigenvalue weighted by atomic mass is 35.5. The van der Waals surface area contributed by atoms with Crippen LogP contribution in [0.25, 0.3) is 10.9 Å². The molecule has 0 atom stereocenters. The predicted octanol–water partition coefficient (Wildman–Crippen LogP) is 3.80. The van der Waals surface area contributed by atoms with Gasteiger partial charge in [0.2, 0.25) is 0 Å². The first kappa shape index (κ1) is 12.0. The molecule has 0 saturated carbocycles. The van der Waals surface area contributed by atoms with E-state index in [0.29, 0.717) is 6.42 Å². The molecule has 0 bridgehead atoms. The highest BCUT2D eigenvalue weighted by molar-refractivity contribution is 6.17. The number of rotatable bonds is 5. The number of aryl methyl sites for hydroxylation is 1. The lowest BCUT2D eigenvalue weighted by molar-refractivity contribution is 0.803. The molecule has 2 nitrogen and oxygen atoms in total. The summed E-state index contributed by atoms with van der Waals surface area (Å²) >= 11 is 5.68. The molecule has 0 radical (unpaired) electrons. The predicted molar refractivity (Wildman–Crippen MR) is 71.3 cm³/mol. The van der Waals surface area contributed by atoms with Crippen LogP contribution in [-0.4, -0.2) is 10.9 Å². The van der Waals surface area contributed by atoms with Crippen molar-refractivity contribution >= 4 is 22.5 Å². The van der Waals surface area contributed by atoms with Gasteiger partial charge in [-0.05, 0) is 42.5 Å². The second kappa shape index (κ2) is 5.75. The van der Waals surface area contributed by atoms with E-state index in [1.165, 1.54) is 10.9 Å². The largest absolute Gasteiger partial charge is 0.361 e. The molecule has 0 unspecified atom stereocenters. The van der Waals surface area contributed by atoms with Gasteiger partial charge in [0.15, 0.2) is 0 Å². The van der Waals surface area contributed by atoms with Gasteiger partial charge in [-0.2, -0.15) is 5.26 Å². The van der Waals surface area contributed by atoms with Crippen molar-refractivity contribution in [2.45, 2.75) is 25.7 Å². The maximum Gasteiger partial charge on any atom is 0.0669 e. The Labute approximate surface area is 106 Å². The maximum atomic E-state index is 8.71. The third kappa shape index (κ3) is 2.81. The minimum atomic E-state index is 0.474. The SMILES string of the molecule is N#CCc1ccc2[nH]cc(CCCCCl)c2c1. The third-order valence-electron chi connectivity index (χ3n) is 2.94. The van der Waals surface area contributed by atoms with Crippen LogP contribution in [0.3, 0.4) is 0 Å². The topological polar surface area (TPSA) is 39.6 Å². The Balaban J connectivity index is 2.24. The number of unbranched alkanes of at least 4 members (excludes halogenated alkanes) is 1. The molecule has 0 amide bonds. The highest BCUT2D eigenvalue weighted by Gasteiger charge is 2.04. The van der Waals surface area contributed by atoms with Gasteiger partial charge in [-0.15, -0.1) is 11.6 Å². The fourth-order valence-corrected chi connectivity index (χ4v) is 2.23. The number of nitrogens with one attached hydrogen (secondary N) is 1. The van der Waals surface area contributed by atoms with E-state index >= 15 is 0 Å². The number of hydrogen-bond acceptors (Lipinski definition) is 1. The molecule has 1 aromatic heterocycles. The molecule has 0 aliphatic heterocycles. The fraction of sp³-hybridized carbons (Fsp3) is 0.357. The van der Waals surface area contributed by atoms with Crippen molar-refractivity contribution in [3.63, 3.8) is 0 Å². The summed E-state index contributed by atoms with van der Waals surface area (Å²) in [6, 6.07) is 8.35. The van der Waals surface area contributed by atoms with Crippen molar-refractivity contribution in [3.8, 4) is 6.07 Å². The number of halogens is 1. The number of benzene rings is 1. The van der Waals surface area contributed by atoms with E-state index in [4.69, 9.17) is 16.9 Å². The fourth-order valence-electron chi connectivity index (χ4n) is 2.04. The Morgan fingerprint density at radius 2 is 2.18 bits per heavy atom. The van der Waals surface area contributed by atoms with Gasteiger partial charge in [0.1, 0.15) is 0 Å². The molecule has 1 aromatic carbocycles. The third-order valence-corrected chi connectivity index (χ3v) is 3.21. The summed E-state index contributed by atoms with van der Waals surface area (Å²) in [7, 11) is 0. The maximum absolute atomic E-state index is 8.71. The van der Waals surface area contributed by atoms with Gasteiger partial charge >= 0.3 is 0 Å². The number of hydrogen-bond donors (Lipinski definition) is 1. The zero-order valence-corrected chi connectivity index (χ0v) is 10.4. The molecule has 1 heterocycles. The second-order valence-electron chi connectivity index (χ2n) is 4.17. The normalized spacial score (nSPS) is 10.6. The van der Waals surface area contributed by atoms with Gasteiger partial charge in [-0.25, -0.2) is 0 Å². The number of aromatic amines is 1. The van der Waals surface area contributed by atoms with E-state index in [0.717, 1.165) is 36.2 Å². The summed E-state index contributed by atoms with van der Waals surface area (Å²) in [6.45, 7) is 0. The number of aromatic nitrogens is 1. The van der Waals surface area contributed by atoms with Crippen molar-refractivity contribution in [1.82, 2.24) is 4.98 Å². The smallest absolute Gasteiger partial charge is 0.0669 e. The van der Waals surface area contributed by atoms with Crippen LogP contribution in [0, 0.1) is 11.3 Å². The average Bonchev–Trinajstić information content (AvgIpc) is 2.73. The van der Waals surface area contributed by atoms with Crippen LogP contribution in [0.1, 0.15) is 24.0 Å². The van der Waals surface area contributed by atoms with E-state index < -0.39 is 0 Å². The zero-order valence-electron chi connectivity index (χ0n) is 9.67. The number of H-pyrrole nitrogens is 1. The Morgan fingerprint density at radius 1 is 1.29 bits per heavy atom. The lowest BCUT2D eigenvalue weighted by atomic mass is 10.0. The first-order valence-corrected chi connectivity index (χ1v) is 6.40. The minimum absolute atomic E-state index is 0.474. The minimum Gasteiger partial charge on any atom is -0.361 e. The summed E-state index contributed by atoms with van der Waals surface area (Å²) in [5.74, 6) is 0.724. The summed E-state index contributed by atoms with van der Waals surface area (Å²) < 4.78 is 0. The second-order valence-corrected chi connectivity index (χ2v) is 4.55. The van der Waals surface area contributed by atoms with E-state index in [9.17, 15) is 0 Å². The molecule has 3 heteroatoms. The molecule has 0 spiro atoms. The number of fused-ring (bicyclic) bond motifs is 1. The van der Waals surface area contributed by atoms with Crippen LogP contribution in [0.2, 0.25) is 0 Å². The van der Waals surface area contributed by atoms with Crippen molar-refractivity contribution in [3.05, 3.63) is 35.5 Å². The molecular formula is C14H15ClN2. The van der Waals surface area contributed by atoms with E-state index in [2.05, 4.69) is 23.3 Å². The standard InChI is InChI=1S/C14H15ClN2/c15-7-2-1-3-12-10-17-14-5-4-11(6-8-16)9-13(12)14/h4-5,9-10,17H,1-3,6-7H2. The monoisotopic (exact) mass is 246 g/mol. The molecule has 2 rings (SSSR count). The Kier molecular flexibility index (Phi) is 4.06. The Morgan fingerprint density at radius 3 is 2.94 bits per heavy atom. The van der Waals surface area contributed by atoms with E-state index in [-0.39, 0.29) is 0 Å². The van der Waals surface area contributed by atoms with E-state index in [1.54, 1.807) is 0 Å². The van der Waals surface area contributed by atoms with Crippen LogP contribution in [0.4, 0.5) is 0 Å². The molecule has 0 fully saturated rings. The number of nitrogens with zero attached hydrogens (tertiary/aromatic N) is 1. The molecule has 2 aromatic rings. The van der Waals surface area contributed by atoms with Gasteiger partial charge in [0.05, 0.1) is 12.5 Å². The highest BCUT2D eigenvalue weighted by Crippen LogP contribution is 2.21. The summed E-state index contributed by atoms with van der Waals surface area (Å²) in [5, 5.41) is 9.96. The van der Waals surface area contributed by atoms with Gasteiger partial charge in [-0.1, -0.05) is 6.07 Å². The Hall–Kier alpha value is -1.46. The van der Waals surface area contributed by atoms with Gasteiger partial charge in [-0.3, -0.25) is 0 Å². The molecule has 0 saturated heterocycles. The quantitative estimate of drug-likeness (QED) is 0.633. The number of nitriles is 1. The van der Waals surface area contributed by atoms with Gasteiger partial charge < -0.3 is 4.98 Å². The van der Waals surface area contributed by atoms with Crippen LogP contribution in [-0.2, 0) is 12.8 Å². The van der Waals surface area contributed by atoms with Crippen molar-refractivity contribution in [2.75, 3.05) is 5.88 Å². The first-order chi connectivity index (χ1) is 8.35.